The molecule has 0 spiro atoms. The molecule has 0 heterocycles. The molecule has 0 rings (SSSR count). The molecule has 0 aromatic carbocycles. The van der Waals surface area contributed by atoms with Crippen LogP contribution in [0.1, 0.15) is 6.42 Å². The molecular formula is C8H18N4O2S. The fourth-order valence-electron chi connectivity index (χ4n) is 0.721. The number of carboxylic acid groups (broad SMARTS) is 1. The number of nitrogens with zero attached hydrogens (tertiary/aromatic N) is 1. The molecule has 0 aliphatic heterocycles. The number of nitrogens with one attached hydrogen (secondary N) is 3. The third-order valence-electron chi connectivity index (χ3n) is 1.48. The van der Waals surface area contributed by atoms with Crippen LogP contribution < -0.4 is 15.4 Å². The monoisotopic (exact) mass is 234 g/mol. The minimum absolute atomic E-state index is 0.0852. The molecule has 7 heteroatoms. The molecule has 0 saturated carbocycles. The summed E-state index contributed by atoms with van der Waals surface area (Å²) in [6.07, 6.45) is 0.0852. The molecule has 0 amide bonds. The maximum Gasteiger partial charge on any atom is 0.305 e. The Morgan fingerprint density at radius 3 is 2.73 bits per heavy atom. The zero-order valence-corrected chi connectivity index (χ0v) is 9.86. The van der Waals surface area contributed by atoms with Gasteiger partial charge in [-0.3, -0.25) is 9.79 Å². The van der Waals surface area contributed by atoms with Crippen molar-refractivity contribution in [3.63, 3.8) is 0 Å². The Bertz CT molecular complexity index is 211. The van der Waals surface area contributed by atoms with Crippen molar-refractivity contribution in [1.29, 1.82) is 0 Å². The van der Waals surface area contributed by atoms with Crippen molar-refractivity contribution < 1.29 is 9.90 Å². The molecule has 0 bridgehead atoms. The van der Waals surface area contributed by atoms with Crippen LogP contribution in [0, 0.1) is 0 Å². The Balaban J connectivity index is 3.52. The van der Waals surface area contributed by atoms with Gasteiger partial charge in [0, 0.05) is 25.9 Å². The molecule has 0 aliphatic rings. The lowest BCUT2D eigenvalue weighted by Crippen LogP contribution is -2.35. The summed E-state index contributed by atoms with van der Waals surface area (Å²) in [5.74, 6) is 0.703. The standard InChI is InChI=1S/C8H18N4O2S/c1-9-5-6-15-12-8(10-2)11-4-3-7(13)14/h9H,3-6H2,1-2H3,(H,13,14)(H2,10,11,12). The van der Waals surface area contributed by atoms with Gasteiger partial charge in [0.1, 0.15) is 0 Å². The first-order valence-corrected chi connectivity index (χ1v) is 5.64. The first-order chi connectivity index (χ1) is 7.20. The van der Waals surface area contributed by atoms with E-state index in [4.69, 9.17) is 5.11 Å². The fourth-order valence-corrected chi connectivity index (χ4v) is 1.43. The predicted octanol–water partition coefficient (Wildman–Crippen LogP) is -0.506. The SMILES string of the molecule is CN=C(NCCC(=O)O)NSCCNC. The average Bonchev–Trinajstić information content (AvgIpc) is 2.21. The minimum Gasteiger partial charge on any atom is -0.481 e. The number of aliphatic carboxylic acids is 1. The van der Waals surface area contributed by atoms with Crippen molar-refractivity contribution in [1.82, 2.24) is 15.4 Å². The topological polar surface area (TPSA) is 85.8 Å². The molecule has 4 N–H and O–H groups in total. The highest BCUT2D eigenvalue weighted by molar-refractivity contribution is 7.97. The Morgan fingerprint density at radius 2 is 2.20 bits per heavy atom. The lowest BCUT2D eigenvalue weighted by Gasteiger charge is -2.09. The first-order valence-electron chi connectivity index (χ1n) is 4.65. The van der Waals surface area contributed by atoms with Crippen molar-refractivity contribution in [2.75, 3.05) is 32.9 Å². The smallest absolute Gasteiger partial charge is 0.305 e. The Labute approximate surface area is 94.1 Å². The number of hydrogen-bond donors (Lipinski definition) is 4. The van der Waals surface area contributed by atoms with Gasteiger partial charge >= 0.3 is 5.97 Å². The third-order valence-corrected chi connectivity index (χ3v) is 2.22. The predicted molar refractivity (Wildman–Crippen MR) is 63.1 cm³/mol. The van der Waals surface area contributed by atoms with Crippen LogP contribution in [-0.4, -0.2) is 50.0 Å². The van der Waals surface area contributed by atoms with Gasteiger partial charge in [-0.1, -0.05) is 0 Å². The molecule has 0 aromatic heterocycles. The molecule has 88 valence electrons. The van der Waals surface area contributed by atoms with Gasteiger partial charge < -0.3 is 20.5 Å². The van der Waals surface area contributed by atoms with E-state index in [1.165, 1.54) is 11.9 Å². The lowest BCUT2D eigenvalue weighted by atomic mass is 10.4. The molecule has 6 nitrogen and oxygen atoms in total. The van der Waals surface area contributed by atoms with E-state index >= 15 is 0 Å². The van der Waals surface area contributed by atoms with E-state index in [2.05, 4.69) is 20.3 Å². The Hall–Kier alpha value is -0.950. The number of hydrogen-bond acceptors (Lipinski definition) is 4. The highest BCUT2D eigenvalue weighted by Gasteiger charge is 1.99. The van der Waals surface area contributed by atoms with Crippen LogP contribution in [0.5, 0.6) is 0 Å². The molecule has 0 aliphatic carbocycles. The van der Waals surface area contributed by atoms with Gasteiger partial charge in [0.25, 0.3) is 0 Å². The van der Waals surface area contributed by atoms with E-state index in [1.54, 1.807) is 7.05 Å². The third kappa shape index (κ3) is 9.36. The van der Waals surface area contributed by atoms with Crippen LogP contribution in [-0.2, 0) is 4.79 Å². The van der Waals surface area contributed by atoms with Crippen molar-refractivity contribution in [2.45, 2.75) is 6.42 Å². The van der Waals surface area contributed by atoms with Crippen molar-refractivity contribution in [3.8, 4) is 0 Å². The zero-order chi connectivity index (χ0) is 11.5. The molecule has 0 atom stereocenters. The molecule has 0 aromatic rings. The molecule has 0 radical (unpaired) electrons. The summed E-state index contributed by atoms with van der Waals surface area (Å²) >= 11 is 1.52. The lowest BCUT2D eigenvalue weighted by molar-refractivity contribution is -0.136. The van der Waals surface area contributed by atoms with E-state index in [0.717, 1.165) is 12.3 Å². The quantitative estimate of drug-likeness (QED) is 0.205. The molecule has 15 heavy (non-hydrogen) atoms. The van der Waals surface area contributed by atoms with Crippen molar-refractivity contribution >= 4 is 23.9 Å². The van der Waals surface area contributed by atoms with E-state index < -0.39 is 5.97 Å². The van der Waals surface area contributed by atoms with Gasteiger partial charge in [-0.25, -0.2) is 0 Å². The second-order valence-electron chi connectivity index (χ2n) is 2.70. The van der Waals surface area contributed by atoms with Crippen LogP contribution in [0.25, 0.3) is 0 Å². The normalized spacial score (nSPS) is 11.2. The first kappa shape index (κ1) is 14.1. The summed E-state index contributed by atoms with van der Waals surface area (Å²) in [6.45, 7) is 1.28. The summed E-state index contributed by atoms with van der Waals surface area (Å²) in [4.78, 5) is 14.2. The summed E-state index contributed by atoms with van der Waals surface area (Å²) in [7, 11) is 3.54. The molecule has 0 fully saturated rings. The van der Waals surface area contributed by atoms with Gasteiger partial charge in [0.2, 0.25) is 5.96 Å². The van der Waals surface area contributed by atoms with Gasteiger partial charge in [0.05, 0.1) is 6.42 Å². The van der Waals surface area contributed by atoms with Crippen LogP contribution in [0.2, 0.25) is 0 Å². The maximum atomic E-state index is 10.3. The van der Waals surface area contributed by atoms with Gasteiger partial charge in [0.15, 0.2) is 0 Å². The van der Waals surface area contributed by atoms with Crippen molar-refractivity contribution in [3.05, 3.63) is 0 Å². The fraction of sp³-hybridized carbons (Fsp3) is 0.750. The second kappa shape index (κ2) is 9.60. The number of carbonyl (C=O) groups is 1. The largest absolute Gasteiger partial charge is 0.481 e. The van der Waals surface area contributed by atoms with E-state index in [0.29, 0.717) is 12.5 Å². The highest BCUT2D eigenvalue weighted by atomic mass is 32.2. The highest BCUT2D eigenvalue weighted by Crippen LogP contribution is 1.90. The van der Waals surface area contributed by atoms with E-state index in [9.17, 15) is 4.79 Å². The summed E-state index contributed by atoms with van der Waals surface area (Å²) < 4.78 is 3.00. The summed E-state index contributed by atoms with van der Waals surface area (Å²) in [5, 5.41) is 14.3. The number of guanidine groups is 1. The number of rotatable bonds is 7. The summed E-state index contributed by atoms with van der Waals surface area (Å²) in [6, 6.07) is 0. The Kier molecular flexibility index (Phi) is 8.99. The van der Waals surface area contributed by atoms with Gasteiger partial charge in [-0.05, 0) is 19.0 Å². The van der Waals surface area contributed by atoms with Gasteiger partial charge in [-0.15, -0.1) is 0 Å². The van der Waals surface area contributed by atoms with E-state index in [-0.39, 0.29) is 6.42 Å². The number of carboxylic acids is 1. The van der Waals surface area contributed by atoms with Crippen molar-refractivity contribution in [2.24, 2.45) is 4.99 Å². The van der Waals surface area contributed by atoms with Crippen LogP contribution in [0.3, 0.4) is 0 Å². The zero-order valence-electron chi connectivity index (χ0n) is 9.04. The number of aliphatic imine (C=N–C) groups is 1. The summed E-state index contributed by atoms with van der Waals surface area (Å²) in [5.41, 5.74) is 0. The van der Waals surface area contributed by atoms with Gasteiger partial charge in [-0.2, -0.15) is 0 Å². The molecule has 0 saturated heterocycles. The second-order valence-corrected chi connectivity index (χ2v) is 3.60. The average molecular weight is 234 g/mol. The Morgan fingerprint density at radius 1 is 1.47 bits per heavy atom. The van der Waals surface area contributed by atoms with Crippen LogP contribution in [0.15, 0.2) is 4.99 Å². The van der Waals surface area contributed by atoms with E-state index in [1.807, 2.05) is 7.05 Å². The molecular weight excluding hydrogens is 216 g/mol. The maximum absolute atomic E-state index is 10.3. The van der Waals surface area contributed by atoms with Crippen LogP contribution in [0.4, 0.5) is 0 Å². The minimum atomic E-state index is -0.819. The molecule has 0 unspecified atom stereocenters. The van der Waals surface area contributed by atoms with Crippen LogP contribution >= 0.6 is 11.9 Å².